The van der Waals surface area contributed by atoms with Gasteiger partial charge < -0.3 is 9.72 Å². The van der Waals surface area contributed by atoms with Crippen LogP contribution in [0.3, 0.4) is 0 Å². The van der Waals surface area contributed by atoms with Crippen molar-refractivity contribution in [3.05, 3.63) is 66.1 Å². The molecule has 2 aromatic heterocycles. The number of pyridine rings is 1. The molecule has 0 radical (unpaired) electrons. The molecule has 0 spiro atoms. The monoisotopic (exact) mass is 388 g/mol. The van der Waals surface area contributed by atoms with E-state index >= 15 is 0 Å². The summed E-state index contributed by atoms with van der Waals surface area (Å²) in [6, 6.07) is 11.5. The van der Waals surface area contributed by atoms with Crippen molar-refractivity contribution in [1.82, 2.24) is 19.2 Å². The number of carbonyl (C=O) groups is 1. The minimum absolute atomic E-state index is 0.0492. The van der Waals surface area contributed by atoms with E-state index in [2.05, 4.69) is 10.3 Å². The molecule has 9 heteroatoms. The SMILES string of the molecule is CON(C)S(=O)(=O)c1ccc(C(=O)NCCc2cn3ccccc3n2)cc1. The van der Waals surface area contributed by atoms with Crippen LogP contribution in [0.4, 0.5) is 0 Å². The number of nitrogens with zero attached hydrogens (tertiary/aromatic N) is 3. The molecule has 0 bridgehead atoms. The summed E-state index contributed by atoms with van der Waals surface area (Å²) in [5.41, 5.74) is 2.12. The highest BCUT2D eigenvalue weighted by atomic mass is 32.2. The number of carbonyl (C=O) groups excluding carboxylic acids is 1. The number of rotatable bonds is 7. The average Bonchev–Trinajstić information content (AvgIpc) is 3.10. The van der Waals surface area contributed by atoms with Gasteiger partial charge in [0.25, 0.3) is 15.9 Å². The van der Waals surface area contributed by atoms with Crippen LogP contribution in [0.2, 0.25) is 0 Å². The molecule has 2 heterocycles. The number of sulfonamides is 1. The zero-order chi connectivity index (χ0) is 19.4. The lowest BCUT2D eigenvalue weighted by atomic mass is 10.2. The summed E-state index contributed by atoms with van der Waals surface area (Å²) in [7, 11) is -1.16. The first-order valence-electron chi connectivity index (χ1n) is 8.26. The van der Waals surface area contributed by atoms with E-state index in [1.54, 1.807) is 0 Å². The maximum absolute atomic E-state index is 12.2. The Morgan fingerprint density at radius 1 is 1.22 bits per heavy atom. The van der Waals surface area contributed by atoms with Crippen molar-refractivity contribution in [3.8, 4) is 0 Å². The summed E-state index contributed by atoms with van der Waals surface area (Å²) in [5.74, 6) is -0.275. The molecule has 0 aliphatic heterocycles. The van der Waals surface area contributed by atoms with Crippen LogP contribution in [0.15, 0.2) is 59.8 Å². The summed E-state index contributed by atoms with van der Waals surface area (Å²) in [6.07, 6.45) is 4.44. The van der Waals surface area contributed by atoms with Gasteiger partial charge in [0, 0.05) is 38.0 Å². The molecule has 0 aliphatic rings. The Kier molecular flexibility index (Phi) is 5.54. The van der Waals surface area contributed by atoms with Crippen LogP contribution in [0, 0.1) is 0 Å². The van der Waals surface area contributed by atoms with Crippen molar-refractivity contribution >= 4 is 21.6 Å². The lowest BCUT2D eigenvalue weighted by Crippen LogP contribution is -2.27. The molecular weight excluding hydrogens is 368 g/mol. The van der Waals surface area contributed by atoms with E-state index in [1.807, 2.05) is 35.0 Å². The third-order valence-electron chi connectivity index (χ3n) is 4.09. The van der Waals surface area contributed by atoms with E-state index in [1.165, 1.54) is 38.4 Å². The smallest absolute Gasteiger partial charge is 0.264 e. The average molecular weight is 388 g/mol. The second-order valence-corrected chi connectivity index (χ2v) is 7.76. The highest BCUT2D eigenvalue weighted by Gasteiger charge is 2.20. The molecule has 1 aromatic carbocycles. The number of amides is 1. The maximum Gasteiger partial charge on any atom is 0.264 e. The van der Waals surface area contributed by atoms with Crippen LogP contribution in [-0.2, 0) is 21.3 Å². The standard InChI is InChI=1S/C18H20N4O4S/c1-21(26-2)27(24,25)16-8-6-14(7-9-16)18(23)19-11-10-15-13-22-12-4-3-5-17(22)20-15/h3-9,12-13H,10-11H2,1-2H3,(H,19,23). The Bertz CT molecular complexity index is 1010. The molecule has 3 rings (SSSR count). The van der Waals surface area contributed by atoms with Gasteiger partial charge in [-0.15, -0.1) is 0 Å². The normalized spacial score (nSPS) is 11.8. The first kappa shape index (κ1) is 19.0. The van der Waals surface area contributed by atoms with E-state index in [-0.39, 0.29) is 10.8 Å². The van der Waals surface area contributed by atoms with Gasteiger partial charge in [-0.3, -0.25) is 9.63 Å². The van der Waals surface area contributed by atoms with Crippen LogP contribution in [0.25, 0.3) is 5.65 Å². The predicted molar refractivity (Wildman–Crippen MR) is 99.6 cm³/mol. The number of nitrogens with one attached hydrogen (secondary N) is 1. The van der Waals surface area contributed by atoms with Crippen molar-refractivity contribution in [3.63, 3.8) is 0 Å². The molecule has 0 aliphatic carbocycles. The molecule has 1 amide bonds. The van der Waals surface area contributed by atoms with Gasteiger partial charge in [-0.25, -0.2) is 13.4 Å². The van der Waals surface area contributed by atoms with E-state index < -0.39 is 10.0 Å². The van der Waals surface area contributed by atoms with Crippen molar-refractivity contribution in [2.24, 2.45) is 0 Å². The van der Waals surface area contributed by atoms with Gasteiger partial charge in [-0.2, -0.15) is 0 Å². The first-order chi connectivity index (χ1) is 12.9. The summed E-state index contributed by atoms with van der Waals surface area (Å²) >= 11 is 0. The zero-order valence-electron chi connectivity index (χ0n) is 15.0. The van der Waals surface area contributed by atoms with Crippen molar-refractivity contribution in [1.29, 1.82) is 0 Å². The third kappa shape index (κ3) is 4.16. The van der Waals surface area contributed by atoms with Gasteiger partial charge in [-0.05, 0) is 36.4 Å². The molecule has 0 fully saturated rings. The highest BCUT2D eigenvalue weighted by Crippen LogP contribution is 2.15. The number of hydrogen-bond acceptors (Lipinski definition) is 5. The van der Waals surface area contributed by atoms with Gasteiger partial charge in [-0.1, -0.05) is 10.5 Å². The fourth-order valence-corrected chi connectivity index (χ4v) is 3.51. The number of hydrogen-bond donors (Lipinski definition) is 1. The molecule has 8 nitrogen and oxygen atoms in total. The number of aromatic nitrogens is 2. The third-order valence-corrected chi connectivity index (χ3v) is 5.78. The second-order valence-electron chi connectivity index (χ2n) is 5.83. The summed E-state index contributed by atoms with van der Waals surface area (Å²) in [4.78, 5) is 21.5. The molecule has 0 atom stereocenters. The maximum atomic E-state index is 12.2. The van der Waals surface area contributed by atoms with E-state index in [0.717, 1.165) is 15.8 Å². The van der Waals surface area contributed by atoms with Crippen molar-refractivity contribution in [2.75, 3.05) is 20.7 Å². The minimum Gasteiger partial charge on any atom is -0.352 e. The van der Waals surface area contributed by atoms with Gasteiger partial charge >= 0.3 is 0 Å². The van der Waals surface area contributed by atoms with Crippen LogP contribution < -0.4 is 5.32 Å². The molecule has 27 heavy (non-hydrogen) atoms. The van der Waals surface area contributed by atoms with Gasteiger partial charge in [0.05, 0.1) is 17.7 Å². The lowest BCUT2D eigenvalue weighted by Gasteiger charge is -2.14. The molecule has 0 unspecified atom stereocenters. The zero-order valence-corrected chi connectivity index (χ0v) is 15.8. The van der Waals surface area contributed by atoms with Gasteiger partial charge in [0.1, 0.15) is 5.65 Å². The lowest BCUT2D eigenvalue weighted by molar-refractivity contribution is -0.0258. The molecule has 0 saturated carbocycles. The number of fused-ring (bicyclic) bond motifs is 1. The largest absolute Gasteiger partial charge is 0.352 e. The summed E-state index contributed by atoms with van der Waals surface area (Å²) in [5, 5.41) is 2.81. The van der Waals surface area contributed by atoms with Crippen molar-refractivity contribution in [2.45, 2.75) is 11.3 Å². The Labute approximate surface area is 157 Å². The first-order valence-corrected chi connectivity index (χ1v) is 9.70. The molecular formula is C18H20N4O4S. The van der Waals surface area contributed by atoms with Gasteiger partial charge in [0.2, 0.25) is 0 Å². The fraction of sp³-hybridized carbons (Fsp3) is 0.222. The van der Waals surface area contributed by atoms with E-state index in [4.69, 9.17) is 4.84 Å². The van der Waals surface area contributed by atoms with Gasteiger partial charge in [0.15, 0.2) is 0 Å². The predicted octanol–water partition coefficient (Wildman–Crippen LogP) is 1.49. The van der Waals surface area contributed by atoms with Crippen molar-refractivity contribution < 1.29 is 18.0 Å². The summed E-state index contributed by atoms with van der Waals surface area (Å²) in [6.45, 7) is 0.426. The van der Waals surface area contributed by atoms with E-state index in [9.17, 15) is 13.2 Å². The number of imidazole rings is 1. The molecule has 3 aromatic rings. The second kappa shape index (κ2) is 7.87. The topological polar surface area (TPSA) is 93.0 Å². The fourth-order valence-electron chi connectivity index (χ4n) is 2.54. The summed E-state index contributed by atoms with van der Waals surface area (Å²) < 4.78 is 27.0. The number of hydroxylamine groups is 1. The molecule has 1 N–H and O–H groups in total. The molecule has 0 saturated heterocycles. The Balaban J connectivity index is 1.59. The number of benzene rings is 1. The van der Waals surface area contributed by atoms with Crippen LogP contribution in [0.5, 0.6) is 0 Å². The Hall–Kier alpha value is -2.75. The Morgan fingerprint density at radius 2 is 1.96 bits per heavy atom. The Morgan fingerprint density at radius 3 is 2.63 bits per heavy atom. The van der Waals surface area contributed by atoms with E-state index in [0.29, 0.717) is 18.5 Å². The molecule has 142 valence electrons. The minimum atomic E-state index is -3.73. The van der Waals surface area contributed by atoms with Crippen LogP contribution >= 0.6 is 0 Å². The van der Waals surface area contributed by atoms with Crippen LogP contribution in [0.1, 0.15) is 16.1 Å². The highest BCUT2D eigenvalue weighted by molar-refractivity contribution is 7.89. The van der Waals surface area contributed by atoms with Crippen LogP contribution in [-0.4, -0.2) is 48.9 Å². The quantitative estimate of drug-likeness (QED) is 0.619.